The van der Waals surface area contributed by atoms with Crippen LogP contribution in [0.5, 0.6) is 5.75 Å². The van der Waals surface area contributed by atoms with Gasteiger partial charge in [0.1, 0.15) is 18.1 Å². The Kier molecular flexibility index (Phi) is 8.97. The molecule has 0 aliphatic rings. The Morgan fingerprint density at radius 3 is 2.22 bits per heavy atom. The van der Waals surface area contributed by atoms with Crippen molar-refractivity contribution in [1.29, 1.82) is 0 Å². The third-order valence-electron chi connectivity index (χ3n) is 5.88. The van der Waals surface area contributed by atoms with E-state index in [0.717, 1.165) is 23.6 Å². The van der Waals surface area contributed by atoms with Crippen molar-refractivity contribution in [3.8, 4) is 11.4 Å². The summed E-state index contributed by atoms with van der Waals surface area (Å²) in [5.74, 6) is 1.17. The van der Waals surface area contributed by atoms with Crippen LogP contribution in [0.3, 0.4) is 0 Å². The molecule has 1 heterocycles. The number of hydrogen-bond acceptors (Lipinski definition) is 4. The molecule has 1 aromatic heterocycles. The second kappa shape index (κ2) is 12.0. The standard InChI is InChI=1S/C29H39N5O3/c1-8-21-9-11-22(12-10-21)30-28(36)33(18-20(2)3)19-27(35)31-26-17-25(29(4,5)6)32-34(26)23-13-15-24(37-7)16-14-23/h9-17,20H,8,18-19H2,1-7H3,(H,30,36)(H,31,35). The molecule has 8 heteroatoms. The number of nitrogens with one attached hydrogen (secondary N) is 2. The summed E-state index contributed by atoms with van der Waals surface area (Å²) in [5, 5.41) is 10.7. The molecule has 2 N–H and O–H groups in total. The minimum Gasteiger partial charge on any atom is -0.497 e. The minimum absolute atomic E-state index is 0.0876. The Balaban J connectivity index is 1.80. The Labute approximate surface area is 220 Å². The lowest BCUT2D eigenvalue weighted by Crippen LogP contribution is -2.42. The van der Waals surface area contributed by atoms with Gasteiger partial charge in [-0.2, -0.15) is 5.10 Å². The predicted octanol–water partition coefficient (Wildman–Crippen LogP) is 5.87. The number of hydrogen-bond donors (Lipinski definition) is 2. The van der Waals surface area contributed by atoms with Crippen molar-refractivity contribution < 1.29 is 14.3 Å². The SMILES string of the molecule is CCc1ccc(NC(=O)N(CC(=O)Nc2cc(C(C)(C)C)nn2-c2ccc(OC)cc2)CC(C)C)cc1. The molecule has 3 aromatic rings. The van der Waals surface area contributed by atoms with Crippen molar-refractivity contribution in [2.75, 3.05) is 30.8 Å². The van der Waals surface area contributed by atoms with Crippen molar-refractivity contribution in [2.45, 2.75) is 53.4 Å². The number of nitrogens with zero attached hydrogens (tertiary/aromatic N) is 3. The summed E-state index contributed by atoms with van der Waals surface area (Å²) in [7, 11) is 1.62. The number of anilines is 2. The Morgan fingerprint density at radius 2 is 1.68 bits per heavy atom. The van der Waals surface area contributed by atoms with Gasteiger partial charge in [-0.25, -0.2) is 9.48 Å². The number of rotatable bonds is 9. The molecule has 0 fully saturated rings. The van der Waals surface area contributed by atoms with Crippen molar-refractivity contribution >= 4 is 23.4 Å². The number of carbonyl (C=O) groups excluding carboxylic acids is 2. The van der Waals surface area contributed by atoms with Gasteiger partial charge in [-0.1, -0.05) is 53.7 Å². The lowest BCUT2D eigenvalue weighted by Gasteiger charge is -2.24. The van der Waals surface area contributed by atoms with Gasteiger partial charge in [-0.3, -0.25) is 4.79 Å². The monoisotopic (exact) mass is 505 g/mol. The average molecular weight is 506 g/mol. The summed E-state index contributed by atoms with van der Waals surface area (Å²) < 4.78 is 6.98. The average Bonchev–Trinajstić information content (AvgIpc) is 3.28. The van der Waals surface area contributed by atoms with Crippen LogP contribution in [0.15, 0.2) is 54.6 Å². The maximum absolute atomic E-state index is 13.2. The fourth-order valence-electron chi connectivity index (χ4n) is 3.80. The highest BCUT2D eigenvalue weighted by Crippen LogP contribution is 2.27. The van der Waals surface area contributed by atoms with E-state index in [1.54, 1.807) is 11.8 Å². The second-order valence-corrected chi connectivity index (χ2v) is 10.6. The first-order valence-corrected chi connectivity index (χ1v) is 12.7. The van der Waals surface area contributed by atoms with Gasteiger partial charge in [-0.15, -0.1) is 0 Å². The summed E-state index contributed by atoms with van der Waals surface area (Å²) in [6.07, 6.45) is 0.928. The molecule has 8 nitrogen and oxygen atoms in total. The van der Waals surface area contributed by atoms with Crippen molar-refractivity contribution in [1.82, 2.24) is 14.7 Å². The van der Waals surface area contributed by atoms with E-state index in [2.05, 4.69) is 38.3 Å². The molecule has 3 rings (SSSR count). The molecule has 0 aliphatic heterocycles. The minimum atomic E-state index is -0.313. The first-order valence-electron chi connectivity index (χ1n) is 12.7. The predicted molar refractivity (Wildman–Crippen MR) is 149 cm³/mol. The van der Waals surface area contributed by atoms with Crippen LogP contribution in [-0.4, -0.2) is 46.8 Å². The third kappa shape index (κ3) is 7.59. The molecule has 0 saturated heterocycles. The van der Waals surface area contributed by atoms with Crippen molar-refractivity contribution in [3.05, 3.63) is 65.9 Å². The number of aromatic nitrogens is 2. The zero-order chi connectivity index (χ0) is 27.2. The molecular weight excluding hydrogens is 466 g/mol. The van der Waals surface area contributed by atoms with Crippen LogP contribution in [0.4, 0.5) is 16.3 Å². The van der Waals surface area contributed by atoms with Crippen LogP contribution in [0.25, 0.3) is 5.69 Å². The summed E-state index contributed by atoms with van der Waals surface area (Å²) in [5.41, 5.74) is 3.31. The van der Waals surface area contributed by atoms with Crippen LogP contribution in [0, 0.1) is 5.92 Å². The number of carbonyl (C=O) groups is 2. The van der Waals surface area contributed by atoms with Crippen LogP contribution < -0.4 is 15.4 Å². The van der Waals surface area contributed by atoms with Gasteiger partial charge in [-0.05, 0) is 54.3 Å². The Hall–Kier alpha value is -3.81. The van der Waals surface area contributed by atoms with E-state index in [1.807, 2.05) is 68.4 Å². The van der Waals surface area contributed by atoms with E-state index >= 15 is 0 Å². The number of urea groups is 1. The molecule has 198 valence electrons. The maximum atomic E-state index is 13.2. The normalized spacial score (nSPS) is 11.4. The summed E-state index contributed by atoms with van der Waals surface area (Å²) in [4.78, 5) is 27.8. The summed E-state index contributed by atoms with van der Waals surface area (Å²) in [6.45, 7) is 12.7. The van der Waals surface area contributed by atoms with Crippen LogP contribution in [0.1, 0.15) is 52.8 Å². The van der Waals surface area contributed by atoms with E-state index in [1.165, 1.54) is 10.5 Å². The highest BCUT2D eigenvalue weighted by molar-refractivity contribution is 5.96. The van der Waals surface area contributed by atoms with E-state index in [4.69, 9.17) is 9.84 Å². The van der Waals surface area contributed by atoms with Crippen molar-refractivity contribution in [3.63, 3.8) is 0 Å². The fourth-order valence-corrected chi connectivity index (χ4v) is 3.80. The molecule has 37 heavy (non-hydrogen) atoms. The molecule has 0 unspecified atom stereocenters. The Bertz CT molecular complexity index is 1190. The third-order valence-corrected chi connectivity index (χ3v) is 5.88. The van der Waals surface area contributed by atoms with E-state index < -0.39 is 0 Å². The highest BCUT2D eigenvalue weighted by atomic mass is 16.5. The fraction of sp³-hybridized carbons (Fsp3) is 0.414. The van der Waals surface area contributed by atoms with E-state index in [9.17, 15) is 9.59 Å². The van der Waals surface area contributed by atoms with Gasteiger partial charge in [0.2, 0.25) is 5.91 Å². The largest absolute Gasteiger partial charge is 0.497 e. The van der Waals surface area contributed by atoms with Crippen molar-refractivity contribution in [2.24, 2.45) is 5.92 Å². The number of ether oxygens (including phenoxy) is 1. The van der Waals surface area contributed by atoms with E-state index in [-0.39, 0.29) is 29.8 Å². The lowest BCUT2D eigenvalue weighted by atomic mass is 9.92. The molecule has 0 bridgehead atoms. The van der Waals surface area contributed by atoms with Crippen LogP contribution in [0.2, 0.25) is 0 Å². The van der Waals surface area contributed by atoms with Gasteiger partial charge in [0.25, 0.3) is 0 Å². The molecule has 0 aliphatic carbocycles. The zero-order valence-corrected chi connectivity index (χ0v) is 23.0. The number of amides is 3. The molecule has 0 spiro atoms. The van der Waals surface area contributed by atoms with Gasteiger partial charge in [0.05, 0.1) is 18.5 Å². The number of aryl methyl sites for hydroxylation is 1. The maximum Gasteiger partial charge on any atom is 0.322 e. The zero-order valence-electron chi connectivity index (χ0n) is 23.0. The first-order chi connectivity index (χ1) is 17.5. The molecule has 0 saturated carbocycles. The second-order valence-electron chi connectivity index (χ2n) is 10.6. The van der Waals surface area contributed by atoms with Crippen LogP contribution >= 0.6 is 0 Å². The molecule has 0 radical (unpaired) electrons. The molecule has 3 amide bonds. The van der Waals surface area contributed by atoms with Gasteiger partial charge in [0, 0.05) is 23.7 Å². The lowest BCUT2D eigenvalue weighted by molar-refractivity contribution is -0.116. The van der Waals surface area contributed by atoms with Gasteiger partial charge in [0.15, 0.2) is 0 Å². The molecule has 2 aromatic carbocycles. The summed E-state index contributed by atoms with van der Waals surface area (Å²) >= 11 is 0. The van der Waals surface area contributed by atoms with Crippen LogP contribution in [-0.2, 0) is 16.6 Å². The number of methoxy groups -OCH3 is 1. The van der Waals surface area contributed by atoms with Gasteiger partial charge >= 0.3 is 6.03 Å². The number of benzene rings is 2. The van der Waals surface area contributed by atoms with E-state index in [0.29, 0.717) is 18.1 Å². The summed E-state index contributed by atoms with van der Waals surface area (Å²) in [6, 6.07) is 16.8. The first kappa shape index (κ1) is 27.8. The topological polar surface area (TPSA) is 88.5 Å². The smallest absolute Gasteiger partial charge is 0.322 e. The molecule has 0 atom stereocenters. The molecular formula is C29H39N5O3. The quantitative estimate of drug-likeness (QED) is 0.381. The van der Waals surface area contributed by atoms with Gasteiger partial charge < -0.3 is 20.3 Å². The highest BCUT2D eigenvalue weighted by Gasteiger charge is 2.23. The Morgan fingerprint density at radius 1 is 1.03 bits per heavy atom.